The SMILES string of the molecule is CN(CC(=O)Nc1ccccc1Cl)CC(=O)Nc1sccc1C(N)=O. The van der Waals surface area contributed by atoms with Crippen molar-refractivity contribution < 1.29 is 14.4 Å². The Hall–Kier alpha value is -2.42. The predicted molar refractivity (Wildman–Crippen MR) is 99.0 cm³/mol. The van der Waals surface area contributed by atoms with Crippen molar-refractivity contribution in [2.24, 2.45) is 5.73 Å². The Kier molecular flexibility index (Phi) is 6.51. The van der Waals surface area contributed by atoms with Gasteiger partial charge < -0.3 is 16.4 Å². The topological polar surface area (TPSA) is 105 Å². The van der Waals surface area contributed by atoms with Crippen LogP contribution in [0.25, 0.3) is 0 Å². The Labute approximate surface area is 153 Å². The normalized spacial score (nSPS) is 10.5. The average molecular weight is 381 g/mol. The number of amides is 3. The number of anilines is 2. The van der Waals surface area contributed by atoms with Gasteiger partial charge in [0.05, 0.1) is 29.4 Å². The number of thiophene rings is 1. The van der Waals surface area contributed by atoms with Gasteiger partial charge >= 0.3 is 0 Å². The lowest BCUT2D eigenvalue weighted by Crippen LogP contribution is -2.36. The van der Waals surface area contributed by atoms with Crippen LogP contribution < -0.4 is 16.4 Å². The van der Waals surface area contributed by atoms with Gasteiger partial charge in [-0.3, -0.25) is 19.3 Å². The molecule has 7 nitrogen and oxygen atoms in total. The number of likely N-dealkylation sites (N-methyl/N-ethyl adjacent to an activating group) is 1. The van der Waals surface area contributed by atoms with Gasteiger partial charge in [0.15, 0.2) is 0 Å². The van der Waals surface area contributed by atoms with Gasteiger partial charge in [0, 0.05) is 0 Å². The van der Waals surface area contributed by atoms with Gasteiger partial charge in [0.25, 0.3) is 5.91 Å². The second-order valence-electron chi connectivity index (χ2n) is 5.28. The number of halogens is 1. The number of para-hydroxylation sites is 1. The van der Waals surface area contributed by atoms with Crippen molar-refractivity contribution in [2.45, 2.75) is 0 Å². The molecule has 4 N–H and O–H groups in total. The van der Waals surface area contributed by atoms with Crippen molar-refractivity contribution in [3.63, 3.8) is 0 Å². The van der Waals surface area contributed by atoms with Crippen LogP contribution >= 0.6 is 22.9 Å². The summed E-state index contributed by atoms with van der Waals surface area (Å²) in [6.45, 7) is -0.0161. The molecule has 1 heterocycles. The van der Waals surface area contributed by atoms with Gasteiger partial charge in [-0.05, 0) is 30.6 Å². The Morgan fingerprint density at radius 1 is 1.12 bits per heavy atom. The molecule has 0 bridgehead atoms. The molecule has 0 atom stereocenters. The third-order valence-corrected chi connectivity index (χ3v) is 4.32. The fourth-order valence-corrected chi connectivity index (χ4v) is 3.06. The molecule has 0 aliphatic carbocycles. The van der Waals surface area contributed by atoms with Gasteiger partial charge in [-0.15, -0.1) is 11.3 Å². The van der Waals surface area contributed by atoms with Gasteiger partial charge in [-0.1, -0.05) is 23.7 Å². The van der Waals surface area contributed by atoms with Gasteiger partial charge in [-0.25, -0.2) is 0 Å². The van der Waals surface area contributed by atoms with Crippen LogP contribution in [-0.2, 0) is 9.59 Å². The molecule has 0 aliphatic rings. The summed E-state index contributed by atoms with van der Waals surface area (Å²) in [5.74, 6) is -1.25. The molecular weight excluding hydrogens is 364 g/mol. The number of carbonyl (C=O) groups excluding carboxylic acids is 3. The summed E-state index contributed by atoms with van der Waals surface area (Å²) in [6, 6.07) is 8.43. The van der Waals surface area contributed by atoms with E-state index in [2.05, 4.69) is 10.6 Å². The monoisotopic (exact) mass is 380 g/mol. The average Bonchev–Trinajstić information content (AvgIpc) is 2.97. The van der Waals surface area contributed by atoms with E-state index in [1.54, 1.807) is 47.7 Å². The molecule has 0 fully saturated rings. The summed E-state index contributed by atoms with van der Waals surface area (Å²) >= 11 is 7.19. The molecule has 0 saturated carbocycles. The molecule has 0 radical (unpaired) electrons. The first-order chi connectivity index (χ1) is 11.9. The molecule has 25 heavy (non-hydrogen) atoms. The highest BCUT2D eigenvalue weighted by Gasteiger charge is 2.15. The fraction of sp³-hybridized carbons (Fsp3) is 0.188. The van der Waals surface area contributed by atoms with Crippen LogP contribution in [-0.4, -0.2) is 42.8 Å². The summed E-state index contributed by atoms with van der Waals surface area (Å²) in [5, 5.41) is 7.80. The minimum atomic E-state index is -0.607. The summed E-state index contributed by atoms with van der Waals surface area (Å²) in [6.07, 6.45) is 0. The molecule has 3 amide bonds. The first kappa shape index (κ1) is 18.9. The molecule has 0 saturated heterocycles. The van der Waals surface area contributed by atoms with Crippen LogP contribution in [0.3, 0.4) is 0 Å². The molecule has 2 rings (SSSR count). The van der Waals surface area contributed by atoms with E-state index in [0.29, 0.717) is 15.7 Å². The third-order valence-electron chi connectivity index (χ3n) is 3.16. The van der Waals surface area contributed by atoms with Gasteiger partial charge in [0.2, 0.25) is 11.8 Å². The molecule has 0 unspecified atom stereocenters. The number of nitrogens with two attached hydrogens (primary N) is 1. The number of nitrogens with one attached hydrogen (secondary N) is 2. The molecule has 1 aromatic heterocycles. The van der Waals surface area contributed by atoms with E-state index in [1.807, 2.05) is 0 Å². The van der Waals surface area contributed by atoms with E-state index < -0.39 is 5.91 Å². The second kappa shape index (κ2) is 8.61. The summed E-state index contributed by atoms with van der Waals surface area (Å²) in [5.41, 5.74) is 6.00. The summed E-state index contributed by atoms with van der Waals surface area (Å²) < 4.78 is 0. The number of benzene rings is 1. The van der Waals surface area contributed by atoms with Crippen LogP contribution in [0.2, 0.25) is 5.02 Å². The van der Waals surface area contributed by atoms with E-state index in [0.717, 1.165) is 0 Å². The maximum atomic E-state index is 12.0. The number of nitrogens with zero attached hydrogens (tertiary/aromatic N) is 1. The quantitative estimate of drug-likeness (QED) is 0.683. The molecule has 2 aromatic rings. The van der Waals surface area contributed by atoms with Crippen molar-refractivity contribution in [2.75, 3.05) is 30.8 Å². The van der Waals surface area contributed by atoms with E-state index in [4.69, 9.17) is 17.3 Å². The third kappa shape index (κ3) is 5.56. The molecule has 0 aliphatic heterocycles. The van der Waals surface area contributed by atoms with Crippen LogP contribution in [0.4, 0.5) is 10.7 Å². The van der Waals surface area contributed by atoms with Crippen LogP contribution in [0.1, 0.15) is 10.4 Å². The molecule has 132 valence electrons. The fourth-order valence-electron chi connectivity index (χ4n) is 2.06. The zero-order chi connectivity index (χ0) is 18.4. The second-order valence-corrected chi connectivity index (χ2v) is 6.60. The first-order valence-electron chi connectivity index (χ1n) is 7.27. The van der Waals surface area contributed by atoms with Crippen LogP contribution in [0.5, 0.6) is 0 Å². The number of carbonyl (C=O) groups is 3. The zero-order valence-corrected chi connectivity index (χ0v) is 15.0. The highest BCUT2D eigenvalue weighted by Crippen LogP contribution is 2.22. The Balaban J connectivity index is 1.85. The van der Waals surface area contributed by atoms with Crippen LogP contribution in [0.15, 0.2) is 35.7 Å². The lowest BCUT2D eigenvalue weighted by Gasteiger charge is -2.16. The highest BCUT2D eigenvalue weighted by atomic mass is 35.5. The molecule has 1 aromatic carbocycles. The largest absolute Gasteiger partial charge is 0.366 e. The van der Waals surface area contributed by atoms with E-state index >= 15 is 0 Å². The number of primary amides is 1. The minimum absolute atomic E-state index is 0.00571. The summed E-state index contributed by atoms with van der Waals surface area (Å²) in [7, 11) is 1.63. The van der Waals surface area contributed by atoms with E-state index in [9.17, 15) is 14.4 Å². The minimum Gasteiger partial charge on any atom is -0.366 e. The smallest absolute Gasteiger partial charge is 0.251 e. The first-order valence-corrected chi connectivity index (χ1v) is 8.52. The maximum absolute atomic E-state index is 12.0. The lowest BCUT2D eigenvalue weighted by atomic mass is 10.3. The van der Waals surface area contributed by atoms with Gasteiger partial charge in [0.1, 0.15) is 5.00 Å². The van der Waals surface area contributed by atoms with E-state index in [1.165, 1.54) is 11.3 Å². The highest BCUT2D eigenvalue weighted by molar-refractivity contribution is 7.14. The summed E-state index contributed by atoms with van der Waals surface area (Å²) in [4.78, 5) is 36.8. The van der Waals surface area contributed by atoms with Gasteiger partial charge in [-0.2, -0.15) is 0 Å². The van der Waals surface area contributed by atoms with Crippen LogP contribution in [0, 0.1) is 0 Å². The maximum Gasteiger partial charge on any atom is 0.251 e. The molecular formula is C16H17ClN4O3S. The Bertz CT molecular complexity index is 793. The number of hydrogen-bond donors (Lipinski definition) is 3. The standard InChI is InChI=1S/C16H17ClN4O3S/c1-21(8-13(22)19-12-5-3-2-4-11(12)17)9-14(23)20-16-10(15(18)24)6-7-25-16/h2-7H,8-9H2,1H3,(H2,18,24)(H,19,22)(H,20,23). The lowest BCUT2D eigenvalue weighted by molar-refractivity contribution is -0.119. The van der Waals surface area contributed by atoms with Crippen molar-refractivity contribution >= 4 is 51.3 Å². The van der Waals surface area contributed by atoms with Crippen molar-refractivity contribution in [1.82, 2.24) is 4.90 Å². The Morgan fingerprint density at radius 3 is 2.40 bits per heavy atom. The van der Waals surface area contributed by atoms with Crippen molar-refractivity contribution in [3.8, 4) is 0 Å². The van der Waals surface area contributed by atoms with Crippen molar-refractivity contribution in [1.29, 1.82) is 0 Å². The van der Waals surface area contributed by atoms with Crippen molar-refractivity contribution in [3.05, 3.63) is 46.3 Å². The molecule has 0 spiro atoms. The number of hydrogen-bond acceptors (Lipinski definition) is 5. The number of rotatable bonds is 7. The Morgan fingerprint density at radius 2 is 1.76 bits per heavy atom. The predicted octanol–water partition coefficient (Wildman–Crippen LogP) is 2.01. The molecule has 9 heteroatoms. The van der Waals surface area contributed by atoms with E-state index in [-0.39, 0.29) is 30.5 Å². The zero-order valence-electron chi connectivity index (χ0n) is 13.4.